The molecule has 5 heteroatoms. The van der Waals surface area contributed by atoms with Crippen LogP contribution in [0.2, 0.25) is 4.44 Å². The Bertz CT molecular complexity index is 415. The molecular weight excluding hydrogens is 327 g/mol. The Balaban J connectivity index is 3.13. The first-order valence-corrected chi connectivity index (χ1v) is 10.5. The zero-order chi connectivity index (χ0) is 12.3. The van der Waals surface area contributed by atoms with Gasteiger partial charge in [-0.1, -0.05) is 0 Å². The quantitative estimate of drug-likeness (QED) is 0.343. The maximum atomic E-state index is 13.4. The molecule has 88 valence electrons. The van der Waals surface area contributed by atoms with Gasteiger partial charge in [-0.15, -0.1) is 0 Å². The SMILES string of the molecule is [CH2]=[Sn]([CH2]CCC)[c]1c(F)cc(F)c(F)c1F. The van der Waals surface area contributed by atoms with E-state index >= 15 is 0 Å². The second kappa shape index (κ2) is 5.79. The summed E-state index contributed by atoms with van der Waals surface area (Å²) >= 11 is -2.70. The van der Waals surface area contributed by atoms with E-state index in [9.17, 15) is 17.6 Å². The van der Waals surface area contributed by atoms with Crippen LogP contribution >= 0.6 is 0 Å². The molecule has 0 aliphatic carbocycles. The molecule has 0 radical (unpaired) electrons. The van der Waals surface area contributed by atoms with Crippen molar-refractivity contribution < 1.29 is 17.6 Å². The topological polar surface area (TPSA) is 0 Å². The van der Waals surface area contributed by atoms with Crippen molar-refractivity contribution in [3.05, 3.63) is 29.3 Å². The van der Waals surface area contributed by atoms with Gasteiger partial charge in [0.2, 0.25) is 0 Å². The van der Waals surface area contributed by atoms with E-state index in [1.165, 1.54) is 0 Å². The summed E-state index contributed by atoms with van der Waals surface area (Å²) in [5.74, 6) is -5.44. The van der Waals surface area contributed by atoms with Gasteiger partial charge in [0.05, 0.1) is 0 Å². The van der Waals surface area contributed by atoms with E-state index in [2.05, 4.69) is 4.52 Å². The van der Waals surface area contributed by atoms with Crippen molar-refractivity contribution in [2.45, 2.75) is 24.2 Å². The zero-order valence-electron chi connectivity index (χ0n) is 8.92. The second-order valence-electron chi connectivity index (χ2n) is 3.55. The summed E-state index contributed by atoms with van der Waals surface area (Å²) < 4.78 is 56.4. The third kappa shape index (κ3) is 2.84. The van der Waals surface area contributed by atoms with Gasteiger partial charge in [-0.2, -0.15) is 0 Å². The normalized spacial score (nSPS) is 10.6. The molecule has 0 bridgehead atoms. The van der Waals surface area contributed by atoms with E-state index in [1.54, 1.807) is 0 Å². The summed E-state index contributed by atoms with van der Waals surface area (Å²) in [6.45, 7) is 1.95. The van der Waals surface area contributed by atoms with E-state index in [1.807, 2.05) is 6.92 Å². The number of benzene rings is 1. The van der Waals surface area contributed by atoms with Crippen molar-refractivity contribution in [2.75, 3.05) is 0 Å². The van der Waals surface area contributed by atoms with Crippen molar-refractivity contribution >= 4 is 27.4 Å². The molecule has 0 atom stereocenters. The first-order chi connectivity index (χ1) is 7.49. The fourth-order valence-electron chi connectivity index (χ4n) is 1.41. The number of halogens is 4. The van der Waals surface area contributed by atoms with E-state index in [-0.39, 0.29) is 3.58 Å². The van der Waals surface area contributed by atoms with E-state index in [0.717, 1.165) is 12.8 Å². The Morgan fingerprint density at radius 2 is 1.75 bits per heavy atom. The third-order valence-electron chi connectivity index (χ3n) is 2.30. The summed E-state index contributed by atoms with van der Waals surface area (Å²) in [4.78, 5) is 0. The number of hydrogen-bond donors (Lipinski definition) is 0. The van der Waals surface area contributed by atoms with Gasteiger partial charge in [0, 0.05) is 0 Å². The average Bonchev–Trinajstić information content (AvgIpc) is 2.23. The van der Waals surface area contributed by atoms with Gasteiger partial charge < -0.3 is 0 Å². The average molecular weight is 339 g/mol. The molecule has 0 saturated carbocycles. The Kier molecular flexibility index (Phi) is 4.95. The van der Waals surface area contributed by atoms with Crippen molar-refractivity contribution in [3.63, 3.8) is 0 Å². The van der Waals surface area contributed by atoms with Crippen molar-refractivity contribution in [1.29, 1.82) is 0 Å². The third-order valence-corrected chi connectivity index (χ3v) is 8.36. The standard InChI is InChI=1S/C6HF4.C4H9.CH2.Sn/c7-3-1-4(8)6(10)5(9)2-3;1-3-4-2;;/h1H;1,3-4H2,2H3;1H2;. The van der Waals surface area contributed by atoms with Crippen molar-refractivity contribution in [3.8, 4) is 0 Å². The van der Waals surface area contributed by atoms with Gasteiger partial charge in [0.1, 0.15) is 0 Å². The van der Waals surface area contributed by atoms with Crippen molar-refractivity contribution in [1.82, 2.24) is 0 Å². The van der Waals surface area contributed by atoms with Gasteiger partial charge in [0.25, 0.3) is 0 Å². The molecule has 0 heterocycles. The Hall–Kier alpha value is -0.391. The van der Waals surface area contributed by atoms with Crippen LogP contribution < -0.4 is 3.58 Å². The molecule has 16 heavy (non-hydrogen) atoms. The Labute approximate surface area is 98.5 Å². The van der Waals surface area contributed by atoms with Crippen LogP contribution in [0.5, 0.6) is 0 Å². The van der Waals surface area contributed by atoms with Crippen LogP contribution in [0.3, 0.4) is 0 Å². The van der Waals surface area contributed by atoms with Gasteiger partial charge in [-0.05, 0) is 0 Å². The molecule has 0 spiro atoms. The summed E-state index contributed by atoms with van der Waals surface area (Å²) in [5.41, 5.74) is 0. The minimum atomic E-state index is -2.70. The Morgan fingerprint density at radius 3 is 2.31 bits per heavy atom. The van der Waals surface area contributed by atoms with Crippen LogP contribution in [0, 0.1) is 23.3 Å². The van der Waals surface area contributed by atoms with Crippen LogP contribution in [0.15, 0.2) is 6.07 Å². The molecule has 1 aromatic rings. The minimum absolute atomic E-state index is 0.269. The van der Waals surface area contributed by atoms with Gasteiger partial charge >= 0.3 is 98.5 Å². The molecule has 0 aliphatic heterocycles. The van der Waals surface area contributed by atoms with Crippen LogP contribution in [0.25, 0.3) is 0 Å². The molecule has 0 saturated heterocycles. The maximum absolute atomic E-state index is 13.4. The number of rotatable bonds is 4. The zero-order valence-corrected chi connectivity index (χ0v) is 11.8. The molecule has 0 amide bonds. The summed E-state index contributed by atoms with van der Waals surface area (Å²) in [6, 6.07) is 0.408. The van der Waals surface area contributed by atoms with Crippen molar-refractivity contribution in [2.24, 2.45) is 0 Å². The molecular formula is C11H12F4Sn. The first kappa shape index (κ1) is 13.7. The van der Waals surface area contributed by atoms with Crippen LogP contribution in [0.1, 0.15) is 19.8 Å². The molecule has 0 nitrogen and oxygen atoms in total. The van der Waals surface area contributed by atoms with Gasteiger partial charge in [0.15, 0.2) is 0 Å². The van der Waals surface area contributed by atoms with Gasteiger partial charge in [-0.3, -0.25) is 0 Å². The number of hydrogen-bond acceptors (Lipinski definition) is 0. The Morgan fingerprint density at radius 1 is 1.12 bits per heavy atom. The van der Waals surface area contributed by atoms with Crippen LogP contribution in [0.4, 0.5) is 17.6 Å². The van der Waals surface area contributed by atoms with Crippen LogP contribution in [-0.2, 0) is 0 Å². The van der Waals surface area contributed by atoms with Gasteiger partial charge in [-0.25, -0.2) is 0 Å². The van der Waals surface area contributed by atoms with Crippen LogP contribution in [-0.4, -0.2) is 23.8 Å². The second-order valence-corrected chi connectivity index (χ2v) is 9.85. The predicted octanol–water partition coefficient (Wildman–Crippen LogP) is 2.76. The summed E-state index contributed by atoms with van der Waals surface area (Å²) in [7, 11) is 0. The van der Waals surface area contributed by atoms with E-state index < -0.39 is 42.6 Å². The molecule has 0 N–H and O–H groups in total. The molecule has 1 rings (SSSR count). The molecule has 0 aromatic heterocycles. The van der Waals surface area contributed by atoms with E-state index in [4.69, 9.17) is 0 Å². The molecule has 0 aliphatic rings. The monoisotopic (exact) mass is 340 g/mol. The fraction of sp³-hybridized carbons (Fsp3) is 0.364. The molecule has 0 unspecified atom stereocenters. The predicted molar refractivity (Wildman–Crippen MR) is 58.5 cm³/mol. The van der Waals surface area contributed by atoms with E-state index in [0.29, 0.717) is 10.5 Å². The molecule has 1 aromatic carbocycles. The fourth-order valence-corrected chi connectivity index (χ4v) is 6.72. The summed E-state index contributed by atoms with van der Waals surface area (Å²) in [6.07, 6.45) is 1.71. The number of unbranched alkanes of at least 4 members (excludes halogenated alkanes) is 1. The summed E-state index contributed by atoms with van der Waals surface area (Å²) in [5, 5.41) is 0. The first-order valence-electron chi connectivity index (χ1n) is 5.00. The molecule has 0 fully saturated rings.